The molecule has 1 saturated carbocycles. The SMILES string of the molecule is CN(C)[C@@H]1C[C@@H]2CN(c3ccnc4cc(Cl)ccc34)C[C@@H]2C[C@H]1O. The number of fused-ring (bicyclic) bond motifs is 2. The van der Waals surface area contributed by atoms with Crippen LogP contribution in [-0.2, 0) is 0 Å². The highest BCUT2D eigenvalue weighted by molar-refractivity contribution is 6.31. The van der Waals surface area contributed by atoms with Gasteiger partial charge in [-0.1, -0.05) is 11.6 Å². The summed E-state index contributed by atoms with van der Waals surface area (Å²) in [4.78, 5) is 9.10. The van der Waals surface area contributed by atoms with E-state index < -0.39 is 0 Å². The van der Waals surface area contributed by atoms with Crippen molar-refractivity contribution in [2.24, 2.45) is 11.8 Å². The van der Waals surface area contributed by atoms with Crippen LogP contribution in [0.3, 0.4) is 0 Å². The molecule has 0 bridgehead atoms. The first kappa shape index (κ1) is 16.1. The van der Waals surface area contributed by atoms with Gasteiger partial charge in [-0.3, -0.25) is 4.98 Å². The summed E-state index contributed by atoms with van der Waals surface area (Å²) in [5.41, 5.74) is 2.18. The minimum atomic E-state index is -0.214. The summed E-state index contributed by atoms with van der Waals surface area (Å²) in [6.07, 6.45) is 3.63. The Morgan fingerprint density at radius 1 is 1.17 bits per heavy atom. The molecule has 2 aromatic rings. The van der Waals surface area contributed by atoms with Crippen molar-refractivity contribution in [2.45, 2.75) is 25.0 Å². The van der Waals surface area contributed by atoms with Gasteiger partial charge in [-0.15, -0.1) is 0 Å². The summed E-state index contributed by atoms with van der Waals surface area (Å²) in [7, 11) is 4.14. The molecule has 128 valence electrons. The number of likely N-dealkylation sites (N-methyl/N-ethyl adjacent to an activating group) is 1. The van der Waals surface area contributed by atoms with E-state index in [9.17, 15) is 5.11 Å². The van der Waals surface area contributed by atoms with E-state index in [1.54, 1.807) is 0 Å². The van der Waals surface area contributed by atoms with Crippen molar-refractivity contribution in [1.29, 1.82) is 0 Å². The monoisotopic (exact) mass is 345 g/mol. The fourth-order valence-corrected chi connectivity index (χ4v) is 4.71. The first-order valence-electron chi connectivity index (χ1n) is 8.66. The summed E-state index contributed by atoms with van der Waals surface area (Å²) >= 11 is 6.11. The van der Waals surface area contributed by atoms with Gasteiger partial charge in [0.05, 0.1) is 11.6 Å². The average molecular weight is 346 g/mol. The largest absolute Gasteiger partial charge is 0.391 e. The Morgan fingerprint density at radius 3 is 2.67 bits per heavy atom. The molecular weight excluding hydrogens is 322 g/mol. The lowest BCUT2D eigenvalue weighted by Gasteiger charge is -2.38. The molecule has 5 heteroatoms. The highest BCUT2D eigenvalue weighted by Crippen LogP contribution is 2.41. The van der Waals surface area contributed by atoms with Crippen LogP contribution < -0.4 is 4.90 Å². The molecule has 1 aliphatic heterocycles. The molecule has 1 aromatic carbocycles. The first-order chi connectivity index (χ1) is 11.5. The zero-order valence-electron chi connectivity index (χ0n) is 14.2. The van der Waals surface area contributed by atoms with Crippen molar-refractivity contribution in [1.82, 2.24) is 9.88 Å². The highest BCUT2D eigenvalue weighted by Gasteiger charge is 2.42. The summed E-state index contributed by atoms with van der Waals surface area (Å²) in [5.74, 6) is 1.23. The second-order valence-corrected chi connectivity index (χ2v) is 7.92. The van der Waals surface area contributed by atoms with Gasteiger partial charge < -0.3 is 14.9 Å². The minimum absolute atomic E-state index is 0.214. The zero-order chi connectivity index (χ0) is 16.8. The standard InChI is InChI=1S/C19H24ClN3O/c1-22(2)18-7-12-10-23(11-13(12)8-19(18)24)17-5-6-21-16-9-14(20)3-4-15(16)17/h3-6,9,12-13,18-19,24H,7-8,10-11H2,1-2H3/t12-,13+,18-,19-/m1/s1. The molecular formula is C19H24ClN3O. The van der Waals surface area contributed by atoms with Crippen LogP contribution in [0.2, 0.25) is 5.02 Å². The molecule has 0 radical (unpaired) electrons. The van der Waals surface area contributed by atoms with E-state index in [4.69, 9.17) is 11.6 Å². The maximum absolute atomic E-state index is 10.5. The van der Waals surface area contributed by atoms with Crippen molar-refractivity contribution in [3.8, 4) is 0 Å². The Labute approximate surface area is 148 Å². The molecule has 2 aliphatic rings. The van der Waals surface area contributed by atoms with Gasteiger partial charge in [-0.2, -0.15) is 0 Å². The van der Waals surface area contributed by atoms with Gasteiger partial charge in [0.25, 0.3) is 0 Å². The molecule has 4 nitrogen and oxygen atoms in total. The number of aromatic nitrogens is 1. The molecule has 4 atom stereocenters. The van der Waals surface area contributed by atoms with Crippen LogP contribution in [0.5, 0.6) is 0 Å². The fraction of sp³-hybridized carbons (Fsp3) is 0.526. The number of hydrogen-bond donors (Lipinski definition) is 1. The topological polar surface area (TPSA) is 39.6 Å². The lowest BCUT2D eigenvalue weighted by Crippen LogP contribution is -2.46. The van der Waals surface area contributed by atoms with Crippen LogP contribution in [0.1, 0.15) is 12.8 Å². The predicted molar refractivity (Wildman–Crippen MR) is 98.7 cm³/mol. The summed E-state index contributed by atoms with van der Waals surface area (Å²) in [6.45, 7) is 2.08. The maximum atomic E-state index is 10.5. The van der Waals surface area contributed by atoms with Gasteiger partial charge in [0.1, 0.15) is 0 Å². The van der Waals surface area contributed by atoms with E-state index >= 15 is 0 Å². The molecule has 1 aromatic heterocycles. The Morgan fingerprint density at radius 2 is 1.92 bits per heavy atom. The van der Waals surface area contributed by atoms with Crippen molar-refractivity contribution in [3.05, 3.63) is 35.5 Å². The van der Waals surface area contributed by atoms with Crippen molar-refractivity contribution < 1.29 is 5.11 Å². The lowest BCUT2D eigenvalue weighted by molar-refractivity contribution is 0.00942. The molecule has 0 spiro atoms. The summed E-state index contributed by atoms with van der Waals surface area (Å²) in [6, 6.07) is 8.31. The van der Waals surface area contributed by atoms with E-state index in [0.717, 1.165) is 41.9 Å². The number of benzene rings is 1. The van der Waals surface area contributed by atoms with E-state index in [0.29, 0.717) is 11.8 Å². The van der Waals surface area contributed by atoms with E-state index in [1.165, 1.54) is 5.69 Å². The average Bonchev–Trinajstić information content (AvgIpc) is 2.95. The van der Waals surface area contributed by atoms with Gasteiger partial charge in [0.2, 0.25) is 0 Å². The normalized spacial score (nSPS) is 30.1. The minimum Gasteiger partial charge on any atom is -0.391 e. The van der Waals surface area contributed by atoms with Crippen LogP contribution in [0.15, 0.2) is 30.5 Å². The van der Waals surface area contributed by atoms with Crippen LogP contribution in [0.4, 0.5) is 5.69 Å². The van der Waals surface area contributed by atoms with Crippen molar-refractivity contribution >= 4 is 28.2 Å². The lowest BCUT2D eigenvalue weighted by atomic mass is 9.77. The number of halogens is 1. The van der Waals surface area contributed by atoms with E-state index in [1.807, 2.05) is 18.3 Å². The number of rotatable bonds is 2. The Kier molecular flexibility index (Phi) is 4.15. The Bertz CT molecular complexity index is 750. The molecule has 1 saturated heterocycles. The van der Waals surface area contributed by atoms with Gasteiger partial charge >= 0.3 is 0 Å². The molecule has 2 fully saturated rings. The van der Waals surface area contributed by atoms with E-state index in [2.05, 4.69) is 41.0 Å². The van der Waals surface area contributed by atoms with Crippen LogP contribution in [0.25, 0.3) is 10.9 Å². The summed E-state index contributed by atoms with van der Waals surface area (Å²) in [5, 5.41) is 12.3. The highest BCUT2D eigenvalue weighted by atomic mass is 35.5. The molecule has 4 rings (SSSR count). The number of aliphatic hydroxyl groups excluding tert-OH is 1. The second kappa shape index (κ2) is 6.17. The van der Waals surface area contributed by atoms with Crippen LogP contribution in [0, 0.1) is 11.8 Å². The van der Waals surface area contributed by atoms with Crippen molar-refractivity contribution in [3.63, 3.8) is 0 Å². The van der Waals surface area contributed by atoms with Crippen molar-refractivity contribution in [2.75, 3.05) is 32.1 Å². The quantitative estimate of drug-likeness (QED) is 0.908. The van der Waals surface area contributed by atoms with E-state index in [-0.39, 0.29) is 12.1 Å². The zero-order valence-corrected chi connectivity index (χ0v) is 14.9. The smallest absolute Gasteiger partial charge is 0.0737 e. The molecule has 1 N–H and O–H groups in total. The number of nitrogens with zero attached hydrogens (tertiary/aromatic N) is 3. The first-order valence-corrected chi connectivity index (χ1v) is 9.04. The Balaban J connectivity index is 1.62. The third-order valence-electron chi connectivity index (χ3n) is 5.79. The Hall–Kier alpha value is -1.36. The van der Waals surface area contributed by atoms with Gasteiger partial charge in [0.15, 0.2) is 0 Å². The number of aliphatic hydroxyl groups is 1. The number of pyridine rings is 1. The summed E-state index contributed by atoms with van der Waals surface area (Å²) < 4.78 is 0. The molecule has 0 amide bonds. The van der Waals surface area contributed by atoms with Crippen LogP contribution in [-0.4, -0.2) is 54.3 Å². The van der Waals surface area contributed by atoms with Gasteiger partial charge in [0, 0.05) is 41.4 Å². The second-order valence-electron chi connectivity index (χ2n) is 7.49. The molecule has 2 heterocycles. The molecule has 1 aliphatic carbocycles. The molecule has 0 unspecified atom stereocenters. The van der Waals surface area contributed by atoms with Crippen LogP contribution >= 0.6 is 11.6 Å². The van der Waals surface area contributed by atoms with Gasteiger partial charge in [-0.25, -0.2) is 0 Å². The van der Waals surface area contributed by atoms with Gasteiger partial charge in [-0.05, 0) is 63.0 Å². The molecule has 24 heavy (non-hydrogen) atoms. The number of hydrogen-bond acceptors (Lipinski definition) is 4. The maximum Gasteiger partial charge on any atom is 0.0737 e. The number of anilines is 1. The third kappa shape index (κ3) is 2.77. The fourth-order valence-electron chi connectivity index (χ4n) is 4.54. The predicted octanol–water partition coefficient (Wildman–Crippen LogP) is 3.03. The third-order valence-corrected chi connectivity index (χ3v) is 6.03.